The molecule has 0 aromatic rings. The van der Waals surface area contributed by atoms with E-state index in [-0.39, 0.29) is 36.4 Å². The number of piperidine rings is 1. The molecule has 3 aliphatic rings. The molecule has 3 heterocycles. The predicted octanol–water partition coefficient (Wildman–Crippen LogP) is 0.402. The van der Waals surface area contributed by atoms with Gasteiger partial charge in [-0.1, -0.05) is 13.8 Å². The molecular weight excluding hydrogens is 338 g/mol. The van der Waals surface area contributed by atoms with Gasteiger partial charge in [-0.15, -0.1) is 0 Å². The molecule has 0 aromatic carbocycles. The first-order valence-corrected chi connectivity index (χ1v) is 9.55. The maximum atomic E-state index is 13.2. The molecular formula is C18H29N3O5. The monoisotopic (exact) mass is 367 g/mol. The molecule has 3 fully saturated rings. The van der Waals surface area contributed by atoms with Gasteiger partial charge >= 0.3 is 6.03 Å². The lowest BCUT2D eigenvalue weighted by Crippen LogP contribution is -2.59. The molecule has 3 amide bonds. The van der Waals surface area contributed by atoms with Crippen molar-refractivity contribution < 1.29 is 23.9 Å². The number of urea groups is 1. The van der Waals surface area contributed by atoms with Gasteiger partial charge in [0.05, 0.1) is 19.3 Å². The van der Waals surface area contributed by atoms with Gasteiger partial charge in [-0.2, -0.15) is 0 Å². The standard InChI is InChI=1S/C18H29N3O5/c1-12(2)10-13(19-18(24)20-6-8-25-9-7-20)17(23)21-5-3-4-15-16(21)14(22)11-26-15/h12-13,15-16H,3-11H2,1-2H3,(H,19,24)/t13-,15+,16+/m0/s1. The van der Waals surface area contributed by atoms with Crippen LogP contribution >= 0.6 is 0 Å². The zero-order chi connectivity index (χ0) is 18.7. The third-order valence-corrected chi connectivity index (χ3v) is 5.23. The van der Waals surface area contributed by atoms with Crippen molar-refractivity contribution in [3.8, 4) is 0 Å². The maximum absolute atomic E-state index is 13.2. The van der Waals surface area contributed by atoms with Crippen LogP contribution in [-0.4, -0.2) is 85.2 Å². The summed E-state index contributed by atoms with van der Waals surface area (Å²) in [5.74, 6) is 0.0322. The van der Waals surface area contributed by atoms with Crippen molar-refractivity contribution in [3.63, 3.8) is 0 Å². The Bertz CT molecular complexity index is 547. The molecule has 0 aliphatic carbocycles. The molecule has 3 saturated heterocycles. The topological polar surface area (TPSA) is 88.2 Å². The van der Waals surface area contributed by atoms with E-state index in [1.165, 1.54) is 0 Å². The number of likely N-dealkylation sites (tertiary alicyclic amines) is 1. The van der Waals surface area contributed by atoms with E-state index in [4.69, 9.17) is 9.47 Å². The Labute approximate surface area is 154 Å². The zero-order valence-electron chi connectivity index (χ0n) is 15.6. The van der Waals surface area contributed by atoms with Crippen LogP contribution in [0.3, 0.4) is 0 Å². The second-order valence-corrected chi connectivity index (χ2v) is 7.67. The molecule has 3 aliphatic heterocycles. The average Bonchev–Trinajstić information content (AvgIpc) is 3.02. The van der Waals surface area contributed by atoms with Crippen LogP contribution < -0.4 is 5.32 Å². The fraction of sp³-hybridized carbons (Fsp3) is 0.833. The number of morpholine rings is 1. The Kier molecular flexibility index (Phi) is 6.13. The highest BCUT2D eigenvalue weighted by molar-refractivity contribution is 5.94. The molecule has 3 atom stereocenters. The number of amides is 3. The summed E-state index contributed by atoms with van der Waals surface area (Å²) in [7, 11) is 0. The molecule has 0 unspecified atom stereocenters. The van der Waals surface area contributed by atoms with Gasteiger partial charge in [0.15, 0.2) is 5.78 Å². The molecule has 0 saturated carbocycles. The minimum absolute atomic E-state index is 0.0362. The first-order chi connectivity index (χ1) is 12.5. The van der Waals surface area contributed by atoms with Gasteiger partial charge in [0, 0.05) is 19.6 Å². The third-order valence-electron chi connectivity index (χ3n) is 5.23. The number of ketones is 1. The van der Waals surface area contributed by atoms with Crippen LogP contribution in [0.25, 0.3) is 0 Å². The lowest BCUT2D eigenvalue weighted by atomic mass is 9.95. The number of nitrogens with zero attached hydrogens (tertiary/aromatic N) is 2. The molecule has 1 N–H and O–H groups in total. The molecule has 146 valence electrons. The van der Waals surface area contributed by atoms with Crippen molar-refractivity contribution >= 4 is 17.7 Å². The van der Waals surface area contributed by atoms with Crippen LogP contribution in [0.5, 0.6) is 0 Å². The highest BCUT2D eigenvalue weighted by Crippen LogP contribution is 2.27. The highest BCUT2D eigenvalue weighted by atomic mass is 16.5. The molecule has 26 heavy (non-hydrogen) atoms. The van der Waals surface area contributed by atoms with Gasteiger partial charge in [0.25, 0.3) is 0 Å². The minimum atomic E-state index is -0.627. The number of nitrogens with one attached hydrogen (secondary N) is 1. The third kappa shape index (κ3) is 4.17. The number of carbonyl (C=O) groups excluding carboxylic acids is 3. The SMILES string of the molecule is CC(C)C[C@H](NC(=O)N1CCOCC1)C(=O)N1CCC[C@H]2OCC(=O)[C@H]21. The molecule has 8 heteroatoms. The number of rotatable bonds is 4. The van der Waals surface area contributed by atoms with Crippen molar-refractivity contribution in [2.24, 2.45) is 5.92 Å². The normalized spacial score (nSPS) is 27.4. The van der Waals surface area contributed by atoms with Gasteiger partial charge in [-0.3, -0.25) is 9.59 Å². The van der Waals surface area contributed by atoms with Crippen LogP contribution in [0.4, 0.5) is 4.79 Å². The summed E-state index contributed by atoms with van der Waals surface area (Å²) >= 11 is 0. The second-order valence-electron chi connectivity index (χ2n) is 7.67. The molecule has 0 radical (unpaired) electrons. The number of ether oxygens (including phenoxy) is 2. The van der Waals surface area contributed by atoms with Gasteiger partial charge in [-0.25, -0.2) is 4.79 Å². The molecule has 0 aromatic heterocycles. The predicted molar refractivity (Wildman–Crippen MR) is 93.6 cm³/mol. The number of Topliss-reactive ketones (excluding diaryl/α,β-unsaturated/α-hetero) is 1. The van der Waals surface area contributed by atoms with Crippen molar-refractivity contribution in [1.29, 1.82) is 0 Å². The summed E-state index contributed by atoms with van der Waals surface area (Å²) in [6.45, 7) is 6.72. The van der Waals surface area contributed by atoms with E-state index in [1.54, 1.807) is 9.80 Å². The van der Waals surface area contributed by atoms with E-state index in [1.807, 2.05) is 13.8 Å². The summed E-state index contributed by atoms with van der Waals surface area (Å²) in [6, 6.07) is -1.36. The summed E-state index contributed by atoms with van der Waals surface area (Å²) in [5.41, 5.74) is 0. The first-order valence-electron chi connectivity index (χ1n) is 9.55. The Balaban J connectivity index is 1.70. The van der Waals surface area contributed by atoms with Crippen molar-refractivity contribution in [3.05, 3.63) is 0 Å². The van der Waals surface area contributed by atoms with Gasteiger partial charge in [0.1, 0.15) is 18.7 Å². The summed E-state index contributed by atoms with van der Waals surface area (Å²) in [5, 5.41) is 2.90. The Morgan fingerprint density at radius 3 is 2.65 bits per heavy atom. The van der Waals surface area contributed by atoms with Gasteiger partial charge in [0.2, 0.25) is 5.91 Å². The smallest absolute Gasteiger partial charge is 0.318 e. The van der Waals surface area contributed by atoms with Gasteiger partial charge in [-0.05, 0) is 25.2 Å². The molecule has 8 nitrogen and oxygen atoms in total. The van der Waals surface area contributed by atoms with Crippen molar-refractivity contribution in [2.75, 3.05) is 39.5 Å². The van der Waals surface area contributed by atoms with Crippen molar-refractivity contribution in [1.82, 2.24) is 15.1 Å². The number of hydrogen-bond donors (Lipinski definition) is 1. The van der Waals surface area contributed by atoms with Crippen LogP contribution in [0.15, 0.2) is 0 Å². The number of carbonyl (C=O) groups is 3. The number of hydrogen-bond acceptors (Lipinski definition) is 5. The maximum Gasteiger partial charge on any atom is 0.318 e. The zero-order valence-corrected chi connectivity index (χ0v) is 15.6. The van der Waals surface area contributed by atoms with E-state index in [0.717, 1.165) is 12.8 Å². The van der Waals surface area contributed by atoms with E-state index in [0.29, 0.717) is 39.3 Å². The number of fused-ring (bicyclic) bond motifs is 1. The Morgan fingerprint density at radius 1 is 1.23 bits per heavy atom. The van der Waals surface area contributed by atoms with Crippen LogP contribution in [0, 0.1) is 5.92 Å². The lowest BCUT2D eigenvalue weighted by molar-refractivity contribution is -0.142. The highest BCUT2D eigenvalue weighted by Gasteiger charge is 2.45. The Morgan fingerprint density at radius 2 is 1.96 bits per heavy atom. The molecule has 0 bridgehead atoms. The van der Waals surface area contributed by atoms with E-state index >= 15 is 0 Å². The fourth-order valence-corrected chi connectivity index (χ4v) is 3.94. The summed E-state index contributed by atoms with van der Waals surface area (Å²) in [6.07, 6.45) is 1.95. The molecule has 0 spiro atoms. The average molecular weight is 367 g/mol. The van der Waals surface area contributed by atoms with Gasteiger partial charge < -0.3 is 24.6 Å². The van der Waals surface area contributed by atoms with Crippen molar-refractivity contribution in [2.45, 2.75) is 51.3 Å². The van der Waals surface area contributed by atoms with E-state index < -0.39 is 12.1 Å². The minimum Gasteiger partial charge on any atom is -0.378 e. The first kappa shape index (κ1) is 19.1. The fourth-order valence-electron chi connectivity index (χ4n) is 3.94. The summed E-state index contributed by atoms with van der Waals surface area (Å²) < 4.78 is 10.8. The largest absolute Gasteiger partial charge is 0.378 e. The van der Waals surface area contributed by atoms with Crippen LogP contribution in [-0.2, 0) is 19.1 Å². The van der Waals surface area contributed by atoms with Crippen LogP contribution in [0.1, 0.15) is 33.1 Å². The molecule has 3 rings (SSSR count). The Hall–Kier alpha value is -1.67. The van der Waals surface area contributed by atoms with E-state index in [2.05, 4.69) is 5.32 Å². The summed E-state index contributed by atoms with van der Waals surface area (Å²) in [4.78, 5) is 41.3. The van der Waals surface area contributed by atoms with Crippen LogP contribution in [0.2, 0.25) is 0 Å². The quantitative estimate of drug-likeness (QED) is 0.777. The lowest BCUT2D eigenvalue weighted by Gasteiger charge is -2.38. The second kappa shape index (κ2) is 8.35. The van der Waals surface area contributed by atoms with E-state index in [9.17, 15) is 14.4 Å².